The number of allylic oxidation sites excluding steroid dienone is 4. The third kappa shape index (κ3) is 36.0. The summed E-state index contributed by atoms with van der Waals surface area (Å²) < 4.78 is 22.9. The lowest BCUT2D eigenvalue weighted by Crippen LogP contribution is -2.65. The zero-order valence-corrected chi connectivity index (χ0v) is 50.4. The average Bonchev–Trinajstić information content (AvgIpc) is 3.48. The number of aliphatic hydroxyl groups is 8. The first-order chi connectivity index (χ1) is 38.6. The van der Waals surface area contributed by atoms with Gasteiger partial charge in [0, 0.05) is 6.42 Å². The Morgan fingerprint density at radius 1 is 0.456 bits per heavy atom. The molecule has 0 saturated carbocycles. The van der Waals surface area contributed by atoms with Gasteiger partial charge in [0.15, 0.2) is 12.6 Å². The molecule has 0 aromatic carbocycles. The molecule has 1 amide bonds. The minimum atomic E-state index is -1.78. The summed E-state index contributed by atoms with van der Waals surface area (Å²) in [4.78, 5) is 13.3. The number of carbonyl (C=O) groups excluding carboxylic acids is 1. The fourth-order valence-corrected chi connectivity index (χ4v) is 11.1. The molecule has 2 fully saturated rings. The number of ether oxygens (including phenoxy) is 4. The number of amides is 1. The molecule has 0 aromatic heterocycles. The van der Waals surface area contributed by atoms with Gasteiger partial charge >= 0.3 is 0 Å². The Morgan fingerprint density at radius 3 is 1.30 bits per heavy atom. The van der Waals surface area contributed by atoms with Crippen LogP contribution in [0.25, 0.3) is 0 Å². The van der Waals surface area contributed by atoms with Crippen LogP contribution in [0.2, 0.25) is 0 Å². The van der Waals surface area contributed by atoms with E-state index >= 15 is 0 Å². The molecule has 0 spiro atoms. The van der Waals surface area contributed by atoms with Crippen molar-refractivity contribution in [3.8, 4) is 0 Å². The summed E-state index contributed by atoms with van der Waals surface area (Å²) in [6, 6.07) is -0.835. The van der Waals surface area contributed by atoms with Crippen LogP contribution in [0.4, 0.5) is 0 Å². The predicted molar refractivity (Wildman–Crippen MR) is 318 cm³/mol. The molecule has 79 heavy (non-hydrogen) atoms. The molecule has 466 valence electrons. The second kappa shape index (κ2) is 50.9. The van der Waals surface area contributed by atoms with E-state index in [-0.39, 0.29) is 18.9 Å². The first kappa shape index (κ1) is 73.6. The molecule has 12 unspecified atom stereocenters. The molecule has 12 atom stereocenters. The Labute approximate surface area is 481 Å². The number of unbranched alkanes of at least 4 members (excludes halogenated alkanes) is 37. The topological polar surface area (TPSA) is 228 Å². The fraction of sp³-hybridized carbons (Fsp3) is 0.923. The lowest BCUT2D eigenvalue weighted by atomic mass is 9.97. The van der Waals surface area contributed by atoms with Crippen molar-refractivity contribution in [1.82, 2.24) is 5.32 Å². The van der Waals surface area contributed by atoms with E-state index < -0.39 is 86.8 Å². The van der Waals surface area contributed by atoms with Gasteiger partial charge in [0.25, 0.3) is 0 Å². The number of carbonyl (C=O) groups is 1. The van der Waals surface area contributed by atoms with Crippen LogP contribution in [0.1, 0.15) is 290 Å². The van der Waals surface area contributed by atoms with Crippen molar-refractivity contribution in [3.63, 3.8) is 0 Å². The fourth-order valence-electron chi connectivity index (χ4n) is 11.1. The van der Waals surface area contributed by atoms with Gasteiger partial charge in [-0.2, -0.15) is 0 Å². The highest BCUT2D eigenvalue weighted by Crippen LogP contribution is 2.30. The Bertz CT molecular complexity index is 1420. The summed E-state index contributed by atoms with van der Waals surface area (Å²) in [6.07, 6.45) is 44.9. The monoisotopic (exact) mass is 1130 g/mol. The summed E-state index contributed by atoms with van der Waals surface area (Å²) >= 11 is 0. The maximum absolute atomic E-state index is 13.3. The van der Waals surface area contributed by atoms with Crippen LogP contribution in [-0.4, -0.2) is 140 Å². The quantitative estimate of drug-likeness (QED) is 0.0204. The van der Waals surface area contributed by atoms with Gasteiger partial charge in [-0.15, -0.1) is 0 Å². The average molecular weight is 1130 g/mol. The van der Waals surface area contributed by atoms with E-state index in [0.717, 1.165) is 70.6 Å². The summed E-state index contributed by atoms with van der Waals surface area (Å²) in [5.41, 5.74) is 0. The Kier molecular flexibility index (Phi) is 47.4. The van der Waals surface area contributed by atoms with Gasteiger partial charge in [-0.3, -0.25) is 4.79 Å². The van der Waals surface area contributed by atoms with Gasteiger partial charge in [-0.05, 0) is 38.5 Å². The summed E-state index contributed by atoms with van der Waals surface area (Å²) in [7, 11) is 0. The zero-order chi connectivity index (χ0) is 57.4. The molecule has 0 bridgehead atoms. The predicted octanol–water partition coefficient (Wildman–Crippen LogP) is 12.4. The lowest BCUT2D eigenvalue weighted by Gasteiger charge is -2.46. The van der Waals surface area contributed by atoms with Crippen molar-refractivity contribution in [3.05, 3.63) is 24.3 Å². The molecule has 0 radical (unpaired) electrons. The zero-order valence-electron chi connectivity index (χ0n) is 50.4. The second-order valence-electron chi connectivity index (χ2n) is 23.6. The third-order valence-corrected chi connectivity index (χ3v) is 16.4. The Hall–Kier alpha value is -1.53. The number of rotatable bonds is 54. The van der Waals surface area contributed by atoms with E-state index in [2.05, 4.69) is 43.5 Å². The lowest BCUT2D eigenvalue weighted by molar-refractivity contribution is -0.359. The molecular weight excluding hydrogens is 1000 g/mol. The van der Waals surface area contributed by atoms with Crippen LogP contribution in [-0.2, 0) is 23.7 Å². The second-order valence-corrected chi connectivity index (χ2v) is 23.6. The van der Waals surface area contributed by atoms with Gasteiger partial charge in [-0.25, -0.2) is 0 Å². The van der Waals surface area contributed by atoms with Crippen molar-refractivity contribution in [1.29, 1.82) is 0 Å². The molecule has 14 nitrogen and oxygen atoms in total. The molecule has 2 saturated heterocycles. The highest BCUT2D eigenvalue weighted by molar-refractivity contribution is 5.76. The van der Waals surface area contributed by atoms with E-state index in [4.69, 9.17) is 18.9 Å². The van der Waals surface area contributed by atoms with Crippen molar-refractivity contribution in [2.24, 2.45) is 0 Å². The minimum absolute atomic E-state index is 0.218. The van der Waals surface area contributed by atoms with Gasteiger partial charge in [0.2, 0.25) is 5.91 Å². The standard InChI is InChI=1S/C65H123NO13/c1-3-5-7-9-11-13-15-17-19-20-21-22-23-24-25-26-27-28-29-30-31-32-33-34-35-36-38-40-42-44-46-48-54(69)53(66-57(70)49-47-45-43-41-39-37-18-16-14-12-10-8-6-4-2)52-76-64-62(75)60(73)63(56(51-68)78-64)79-65-61(74)59(72)58(71)55(50-67)77-65/h10,12,16,18,53-56,58-65,67-69,71-75H,3-9,11,13-15,17,19-52H2,1-2H3,(H,66,70)/b12-10-,18-16-. The van der Waals surface area contributed by atoms with Gasteiger partial charge in [0.1, 0.15) is 48.8 Å². The Balaban J connectivity index is 1.64. The molecule has 14 heteroatoms. The molecule has 2 heterocycles. The molecule has 2 aliphatic rings. The first-order valence-electron chi connectivity index (χ1n) is 33.1. The third-order valence-electron chi connectivity index (χ3n) is 16.4. The molecule has 2 aliphatic heterocycles. The van der Waals surface area contributed by atoms with Crippen LogP contribution < -0.4 is 5.32 Å². The summed E-state index contributed by atoms with van der Waals surface area (Å²) in [5.74, 6) is -0.218. The number of hydrogen-bond donors (Lipinski definition) is 9. The van der Waals surface area contributed by atoms with Crippen molar-refractivity contribution < 1.29 is 64.6 Å². The van der Waals surface area contributed by atoms with Crippen molar-refractivity contribution in [2.45, 2.75) is 364 Å². The minimum Gasteiger partial charge on any atom is -0.394 e. The maximum atomic E-state index is 13.3. The molecule has 0 aliphatic carbocycles. The number of aliphatic hydroxyl groups excluding tert-OH is 8. The highest BCUT2D eigenvalue weighted by Gasteiger charge is 2.51. The van der Waals surface area contributed by atoms with E-state index in [1.165, 1.54) is 186 Å². The van der Waals surface area contributed by atoms with Crippen molar-refractivity contribution in [2.75, 3.05) is 19.8 Å². The largest absolute Gasteiger partial charge is 0.394 e. The Morgan fingerprint density at radius 2 is 0.848 bits per heavy atom. The van der Waals surface area contributed by atoms with Crippen LogP contribution in [0, 0.1) is 0 Å². The molecule has 0 aromatic rings. The van der Waals surface area contributed by atoms with Crippen LogP contribution in [0.5, 0.6) is 0 Å². The highest BCUT2D eigenvalue weighted by atomic mass is 16.7. The summed E-state index contributed by atoms with van der Waals surface area (Å²) in [6.45, 7) is 2.84. The normalized spacial score (nSPS) is 24.5. The molecule has 2 rings (SSSR count). The van der Waals surface area contributed by atoms with E-state index in [0.29, 0.717) is 12.8 Å². The van der Waals surface area contributed by atoms with Gasteiger partial charge in [-0.1, -0.05) is 269 Å². The van der Waals surface area contributed by atoms with Gasteiger partial charge < -0.3 is 65.1 Å². The van der Waals surface area contributed by atoms with Crippen molar-refractivity contribution >= 4 is 5.91 Å². The van der Waals surface area contributed by atoms with Crippen LogP contribution >= 0.6 is 0 Å². The maximum Gasteiger partial charge on any atom is 0.220 e. The first-order valence-corrected chi connectivity index (χ1v) is 33.1. The summed E-state index contributed by atoms with van der Waals surface area (Å²) in [5, 5.41) is 87.4. The van der Waals surface area contributed by atoms with Crippen LogP contribution in [0.15, 0.2) is 24.3 Å². The van der Waals surface area contributed by atoms with Crippen LogP contribution in [0.3, 0.4) is 0 Å². The smallest absolute Gasteiger partial charge is 0.220 e. The number of nitrogens with one attached hydrogen (secondary N) is 1. The molecular formula is C65H123NO13. The SMILES string of the molecule is CCCC/C=C\C/C=C\CCCCCCCC(=O)NC(COC1OC(CO)C(OC2OC(CO)C(O)C(O)C2O)C(O)C1O)C(O)CCCCCCCCCCCCCCCCCCCCCCCCCCCCCCCCC. The van der Waals surface area contributed by atoms with E-state index in [9.17, 15) is 45.6 Å². The van der Waals surface area contributed by atoms with E-state index in [1.54, 1.807) is 0 Å². The van der Waals surface area contributed by atoms with Gasteiger partial charge in [0.05, 0.1) is 32.0 Å². The molecule has 9 N–H and O–H groups in total. The number of hydrogen-bond acceptors (Lipinski definition) is 13. The van der Waals surface area contributed by atoms with E-state index in [1.807, 2.05) is 0 Å².